The van der Waals surface area contributed by atoms with Gasteiger partial charge in [-0.15, -0.1) is 17.5 Å². The van der Waals surface area contributed by atoms with Crippen LogP contribution in [0.5, 0.6) is 0 Å². The third-order valence-electron chi connectivity index (χ3n) is 4.02. The molecule has 0 spiro atoms. The van der Waals surface area contributed by atoms with Crippen molar-refractivity contribution in [2.24, 2.45) is 7.05 Å². The van der Waals surface area contributed by atoms with E-state index in [0.717, 1.165) is 29.8 Å². The van der Waals surface area contributed by atoms with Gasteiger partial charge >= 0.3 is 0 Å². The zero-order valence-electron chi connectivity index (χ0n) is 13.5. The van der Waals surface area contributed by atoms with Gasteiger partial charge in [-0.25, -0.2) is 4.68 Å². The van der Waals surface area contributed by atoms with E-state index in [2.05, 4.69) is 36.4 Å². The molecule has 0 saturated heterocycles. The summed E-state index contributed by atoms with van der Waals surface area (Å²) < 4.78 is 1.58. The second-order valence-corrected chi connectivity index (χ2v) is 5.62. The number of fused-ring (bicyclic) bond motifs is 1. The Morgan fingerprint density at radius 2 is 2.24 bits per heavy atom. The maximum absolute atomic E-state index is 12.5. The molecule has 25 heavy (non-hydrogen) atoms. The molecule has 0 atom stereocenters. The normalized spacial score (nSPS) is 13.0. The van der Waals surface area contributed by atoms with E-state index in [9.17, 15) is 4.79 Å². The van der Waals surface area contributed by atoms with Gasteiger partial charge in [0.05, 0.1) is 0 Å². The number of benzene rings is 1. The van der Waals surface area contributed by atoms with E-state index in [4.69, 9.17) is 0 Å². The van der Waals surface area contributed by atoms with E-state index in [1.807, 2.05) is 24.3 Å². The molecule has 4 rings (SSSR count). The maximum atomic E-state index is 12.5. The molecule has 3 heterocycles. The third-order valence-corrected chi connectivity index (χ3v) is 4.02. The third kappa shape index (κ3) is 3.24. The van der Waals surface area contributed by atoms with Crippen molar-refractivity contribution in [3.05, 3.63) is 41.2 Å². The number of carbonyl (C=O) groups excluding carboxylic acids is 1. The Kier molecular flexibility index (Phi) is 4.77. The summed E-state index contributed by atoms with van der Waals surface area (Å²) in [6, 6.07) is 7.40. The van der Waals surface area contributed by atoms with Crippen molar-refractivity contribution in [3.63, 3.8) is 0 Å². The first-order valence-corrected chi connectivity index (χ1v) is 7.63. The van der Waals surface area contributed by atoms with Crippen molar-refractivity contribution in [3.8, 4) is 11.4 Å². The van der Waals surface area contributed by atoms with E-state index < -0.39 is 0 Å². The number of halogens is 1. The van der Waals surface area contributed by atoms with Gasteiger partial charge in [0.1, 0.15) is 0 Å². The second-order valence-electron chi connectivity index (χ2n) is 5.62. The van der Waals surface area contributed by atoms with E-state index in [-0.39, 0.29) is 18.3 Å². The summed E-state index contributed by atoms with van der Waals surface area (Å²) in [4.78, 5) is 12.5. The maximum Gasteiger partial charge on any atom is 0.276 e. The number of aromatic nitrogens is 6. The first-order chi connectivity index (χ1) is 11.7. The van der Waals surface area contributed by atoms with Crippen LogP contribution >= 0.6 is 12.4 Å². The summed E-state index contributed by atoms with van der Waals surface area (Å²) >= 11 is 0. The highest BCUT2D eigenvalue weighted by Crippen LogP contribution is 2.21. The lowest BCUT2D eigenvalue weighted by atomic mass is 10.1. The molecule has 10 heteroatoms. The minimum Gasteiger partial charge on any atom is -0.321 e. The average molecular weight is 361 g/mol. The van der Waals surface area contributed by atoms with Gasteiger partial charge in [0.2, 0.25) is 0 Å². The van der Waals surface area contributed by atoms with Crippen LogP contribution in [0, 0.1) is 0 Å². The van der Waals surface area contributed by atoms with Gasteiger partial charge in [-0.3, -0.25) is 9.89 Å². The summed E-state index contributed by atoms with van der Waals surface area (Å²) in [6.07, 6.45) is 0.851. The van der Waals surface area contributed by atoms with Crippen molar-refractivity contribution >= 4 is 24.0 Å². The Bertz CT molecular complexity index is 903. The molecule has 0 bridgehead atoms. The molecule has 0 fully saturated rings. The van der Waals surface area contributed by atoms with Gasteiger partial charge in [-0.1, -0.05) is 12.1 Å². The highest BCUT2D eigenvalue weighted by Gasteiger charge is 2.21. The first kappa shape index (κ1) is 17.1. The number of tetrazole rings is 1. The fourth-order valence-electron chi connectivity index (χ4n) is 2.81. The number of hydrogen-bond acceptors (Lipinski definition) is 6. The zero-order valence-corrected chi connectivity index (χ0v) is 14.3. The van der Waals surface area contributed by atoms with Gasteiger partial charge < -0.3 is 10.6 Å². The Morgan fingerprint density at radius 1 is 1.36 bits per heavy atom. The lowest BCUT2D eigenvalue weighted by molar-refractivity contribution is 0.102. The number of aromatic amines is 1. The minimum absolute atomic E-state index is 0. The molecule has 0 radical (unpaired) electrons. The van der Waals surface area contributed by atoms with Crippen LogP contribution in [0.25, 0.3) is 11.4 Å². The quantitative estimate of drug-likeness (QED) is 0.640. The summed E-state index contributed by atoms with van der Waals surface area (Å²) in [7, 11) is 1.77. The van der Waals surface area contributed by atoms with Crippen LogP contribution in [0.2, 0.25) is 0 Å². The van der Waals surface area contributed by atoms with Crippen molar-refractivity contribution in [1.29, 1.82) is 0 Å². The van der Waals surface area contributed by atoms with E-state index >= 15 is 0 Å². The van der Waals surface area contributed by atoms with Gasteiger partial charge in [0.15, 0.2) is 11.5 Å². The molecule has 1 aliphatic rings. The number of rotatable bonds is 3. The highest BCUT2D eigenvalue weighted by molar-refractivity contribution is 6.04. The Labute approximate surface area is 149 Å². The van der Waals surface area contributed by atoms with Crippen LogP contribution in [0.4, 0.5) is 5.69 Å². The van der Waals surface area contributed by atoms with E-state index in [0.29, 0.717) is 23.8 Å². The molecule has 3 aromatic rings. The average Bonchev–Trinajstić information content (AvgIpc) is 3.21. The zero-order chi connectivity index (χ0) is 16.5. The van der Waals surface area contributed by atoms with Crippen LogP contribution in [-0.2, 0) is 20.0 Å². The lowest BCUT2D eigenvalue weighted by Gasteiger charge is -2.13. The molecule has 9 nitrogen and oxygen atoms in total. The first-order valence-electron chi connectivity index (χ1n) is 7.63. The van der Waals surface area contributed by atoms with Crippen LogP contribution < -0.4 is 10.6 Å². The molecular weight excluding hydrogens is 344 g/mol. The van der Waals surface area contributed by atoms with Crippen LogP contribution in [0.3, 0.4) is 0 Å². The van der Waals surface area contributed by atoms with Gasteiger partial charge in [0, 0.05) is 49.1 Å². The van der Waals surface area contributed by atoms with Gasteiger partial charge in [-0.05, 0) is 22.6 Å². The SMILES string of the molecule is Cl.Cn1nnnc1-c1cccc(NC(=O)c2n[nH]c3c2CNCC3)c1. The highest BCUT2D eigenvalue weighted by atomic mass is 35.5. The van der Waals surface area contributed by atoms with E-state index in [1.54, 1.807) is 11.7 Å². The summed E-state index contributed by atoms with van der Waals surface area (Å²) in [5, 5.41) is 24.7. The number of H-pyrrole nitrogens is 1. The number of anilines is 1. The van der Waals surface area contributed by atoms with Crippen LogP contribution in [0.1, 0.15) is 21.7 Å². The molecule has 0 aliphatic carbocycles. The number of amides is 1. The Balaban J connectivity index is 0.00000182. The van der Waals surface area contributed by atoms with Crippen molar-refractivity contribution in [2.75, 3.05) is 11.9 Å². The topological polar surface area (TPSA) is 113 Å². The standard InChI is InChI=1S/C15H16N8O.ClH/c1-23-14(20-21-22-23)9-3-2-4-10(7-9)17-15(24)13-11-8-16-6-5-12(11)18-19-13;/h2-4,7,16H,5-6,8H2,1H3,(H,17,24)(H,18,19);1H. The van der Waals surface area contributed by atoms with Crippen molar-refractivity contribution < 1.29 is 4.79 Å². The van der Waals surface area contributed by atoms with E-state index in [1.165, 1.54) is 0 Å². The molecule has 1 aliphatic heterocycles. The molecule has 3 N–H and O–H groups in total. The van der Waals surface area contributed by atoms with Crippen molar-refractivity contribution in [1.82, 2.24) is 35.7 Å². The molecule has 130 valence electrons. The summed E-state index contributed by atoms with van der Waals surface area (Å²) in [6.45, 7) is 1.54. The molecule has 2 aromatic heterocycles. The van der Waals surface area contributed by atoms with Gasteiger partial charge in [0.25, 0.3) is 5.91 Å². The predicted octanol–water partition coefficient (Wildman–Crippen LogP) is 0.920. The predicted molar refractivity (Wildman–Crippen MR) is 93.4 cm³/mol. The summed E-state index contributed by atoms with van der Waals surface area (Å²) in [5.41, 5.74) is 3.89. The Hall–Kier alpha value is -2.78. The monoisotopic (exact) mass is 360 g/mol. The number of aryl methyl sites for hydroxylation is 1. The largest absolute Gasteiger partial charge is 0.321 e. The Morgan fingerprint density at radius 3 is 3.04 bits per heavy atom. The molecule has 1 aromatic carbocycles. The molecule has 1 amide bonds. The van der Waals surface area contributed by atoms with Gasteiger partial charge in [-0.2, -0.15) is 5.10 Å². The number of nitrogens with zero attached hydrogens (tertiary/aromatic N) is 5. The second kappa shape index (κ2) is 6.99. The molecular formula is C15H17ClN8O. The number of carbonyl (C=O) groups is 1. The number of hydrogen-bond donors (Lipinski definition) is 3. The fraction of sp³-hybridized carbons (Fsp3) is 0.267. The lowest BCUT2D eigenvalue weighted by Crippen LogP contribution is -2.25. The minimum atomic E-state index is -0.232. The molecule has 0 saturated carbocycles. The van der Waals surface area contributed by atoms with Crippen molar-refractivity contribution in [2.45, 2.75) is 13.0 Å². The summed E-state index contributed by atoms with van der Waals surface area (Å²) in [5.74, 6) is 0.400. The molecule has 0 unspecified atom stereocenters. The number of nitrogens with one attached hydrogen (secondary N) is 3. The fourth-order valence-corrected chi connectivity index (χ4v) is 2.81. The smallest absolute Gasteiger partial charge is 0.276 e. The van der Waals surface area contributed by atoms with Crippen LogP contribution in [0.15, 0.2) is 24.3 Å². The van der Waals surface area contributed by atoms with Crippen LogP contribution in [-0.4, -0.2) is 42.9 Å².